The predicted octanol–water partition coefficient (Wildman–Crippen LogP) is 3.66. The summed E-state index contributed by atoms with van der Waals surface area (Å²) in [4.78, 5) is 16.1. The number of hydrogen-bond donors (Lipinski definition) is 2. The zero-order valence-corrected chi connectivity index (χ0v) is 20.4. The number of piperidine rings is 1. The van der Waals surface area contributed by atoms with Crippen LogP contribution in [0.25, 0.3) is 0 Å². The topological polar surface area (TPSA) is 87.7 Å². The lowest BCUT2D eigenvalue weighted by Crippen LogP contribution is -2.60. The Hall–Kier alpha value is -2.42. The van der Waals surface area contributed by atoms with Crippen molar-refractivity contribution in [2.45, 2.75) is 68.1 Å². The molecule has 2 bridgehead atoms. The van der Waals surface area contributed by atoms with Gasteiger partial charge in [-0.3, -0.25) is 9.69 Å². The summed E-state index contributed by atoms with van der Waals surface area (Å²) in [5.74, 6) is 0.499. The Morgan fingerprint density at radius 3 is 2.62 bits per heavy atom. The van der Waals surface area contributed by atoms with Crippen LogP contribution in [0.1, 0.15) is 60.9 Å². The maximum absolute atomic E-state index is 13.6. The van der Waals surface area contributed by atoms with Crippen molar-refractivity contribution in [3.8, 4) is 5.75 Å². The second kappa shape index (κ2) is 9.32. The highest BCUT2D eigenvalue weighted by Crippen LogP contribution is 2.43. The molecule has 2 heterocycles. The molecule has 2 aromatic carbocycles. The summed E-state index contributed by atoms with van der Waals surface area (Å²) in [5, 5.41) is 3.32. The highest BCUT2D eigenvalue weighted by Gasteiger charge is 2.49. The molecule has 34 heavy (non-hydrogen) atoms. The van der Waals surface area contributed by atoms with E-state index in [9.17, 15) is 13.2 Å². The molecule has 1 saturated carbocycles. The van der Waals surface area contributed by atoms with Crippen molar-refractivity contribution < 1.29 is 17.9 Å². The highest BCUT2D eigenvalue weighted by molar-refractivity contribution is 7.89. The Bertz CT molecular complexity index is 1150. The van der Waals surface area contributed by atoms with Gasteiger partial charge in [-0.05, 0) is 74.6 Å². The molecule has 0 radical (unpaired) electrons. The van der Waals surface area contributed by atoms with Crippen LogP contribution in [0.3, 0.4) is 0 Å². The number of fused-ring (bicyclic) bond motifs is 2. The molecule has 182 valence electrons. The number of methoxy groups -OCH3 is 1. The van der Waals surface area contributed by atoms with Gasteiger partial charge in [0.1, 0.15) is 5.75 Å². The summed E-state index contributed by atoms with van der Waals surface area (Å²) >= 11 is 0. The summed E-state index contributed by atoms with van der Waals surface area (Å²) in [6.07, 6.45) is 7.12. The SMILES string of the molecule is COc1ccc(S(=O)(=O)NCC2CC2)cc1C(=O)NC12CCCC(CC1)N2Cc1ccccc1. The first kappa shape index (κ1) is 23.3. The zero-order valence-electron chi connectivity index (χ0n) is 19.6. The van der Waals surface area contributed by atoms with Gasteiger partial charge in [-0.2, -0.15) is 0 Å². The molecule has 1 amide bonds. The van der Waals surface area contributed by atoms with Gasteiger partial charge >= 0.3 is 0 Å². The average molecular weight is 484 g/mol. The van der Waals surface area contributed by atoms with Gasteiger partial charge < -0.3 is 10.1 Å². The maximum atomic E-state index is 13.6. The van der Waals surface area contributed by atoms with E-state index in [2.05, 4.69) is 27.1 Å². The zero-order chi connectivity index (χ0) is 23.8. The lowest BCUT2D eigenvalue weighted by Gasteiger charge is -2.45. The van der Waals surface area contributed by atoms with Gasteiger partial charge in [-0.1, -0.05) is 30.3 Å². The van der Waals surface area contributed by atoms with E-state index in [4.69, 9.17) is 4.74 Å². The van der Waals surface area contributed by atoms with Crippen molar-refractivity contribution in [1.82, 2.24) is 14.9 Å². The summed E-state index contributed by atoms with van der Waals surface area (Å²) in [6.45, 7) is 1.22. The van der Waals surface area contributed by atoms with Crippen LogP contribution in [0.5, 0.6) is 5.75 Å². The van der Waals surface area contributed by atoms with Crippen LogP contribution in [0.15, 0.2) is 53.4 Å². The van der Waals surface area contributed by atoms with Gasteiger partial charge in [0.2, 0.25) is 10.0 Å². The van der Waals surface area contributed by atoms with Gasteiger partial charge in [-0.15, -0.1) is 0 Å². The van der Waals surface area contributed by atoms with E-state index in [0.717, 1.165) is 51.5 Å². The molecule has 1 aliphatic carbocycles. The number of benzene rings is 2. The lowest BCUT2D eigenvalue weighted by atomic mass is 9.95. The minimum Gasteiger partial charge on any atom is -0.496 e. The van der Waals surface area contributed by atoms with Crippen LogP contribution in [0, 0.1) is 5.92 Å². The fraction of sp³-hybridized carbons (Fsp3) is 0.500. The average Bonchev–Trinajstić information content (AvgIpc) is 3.65. The number of nitrogens with one attached hydrogen (secondary N) is 2. The van der Waals surface area contributed by atoms with E-state index < -0.39 is 15.7 Å². The van der Waals surface area contributed by atoms with Crippen molar-refractivity contribution in [3.05, 3.63) is 59.7 Å². The van der Waals surface area contributed by atoms with E-state index >= 15 is 0 Å². The Kier molecular flexibility index (Phi) is 6.39. The fourth-order valence-corrected chi connectivity index (χ4v) is 6.60. The molecule has 2 aliphatic heterocycles. The Morgan fingerprint density at radius 1 is 1.09 bits per heavy atom. The van der Waals surface area contributed by atoms with E-state index in [-0.39, 0.29) is 16.4 Å². The number of amides is 1. The molecule has 3 fully saturated rings. The number of nitrogens with zero attached hydrogens (tertiary/aromatic N) is 1. The van der Waals surface area contributed by atoms with Crippen molar-refractivity contribution in [1.29, 1.82) is 0 Å². The van der Waals surface area contributed by atoms with Gasteiger partial charge in [0.05, 0.1) is 23.2 Å². The second-order valence-corrected chi connectivity index (χ2v) is 11.6. The standard InChI is InChI=1S/C26H33N3O4S/c1-33-24-12-11-22(34(31,32)27-17-19-9-10-19)16-23(24)25(30)28-26-14-5-8-21(13-15-26)29(26)18-20-6-3-2-4-7-20/h2-4,6-7,11-12,16,19,21,27H,5,8-10,13-15,17-18H2,1H3,(H,28,30). The van der Waals surface area contributed by atoms with Gasteiger partial charge in [0.15, 0.2) is 0 Å². The van der Waals surface area contributed by atoms with Crippen LogP contribution in [-0.2, 0) is 16.6 Å². The van der Waals surface area contributed by atoms with Crippen LogP contribution in [-0.4, -0.2) is 44.6 Å². The number of hydrogen-bond acceptors (Lipinski definition) is 5. The van der Waals surface area contributed by atoms with E-state index in [1.165, 1.54) is 24.8 Å². The molecule has 2 N–H and O–H groups in total. The molecule has 3 aliphatic rings. The third kappa shape index (κ3) is 4.72. The summed E-state index contributed by atoms with van der Waals surface area (Å²) in [7, 11) is -2.19. The quantitative estimate of drug-likeness (QED) is 0.568. The minimum atomic E-state index is -3.69. The van der Waals surface area contributed by atoms with Crippen molar-refractivity contribution >= 4 is 15.9 Å². The molecule has 2 unspecified atom stereocenters. The number of carbonyl (C=O) groups is 1. The van der Waals surface area contributed by atoms with E-state index in [1.807, 2.05) is 18.2 Å². The molecule has 5 rings (SSSR count). The van der Waals surface area contributed by atoms with Crippen molar-refractivity contribution in [3.63, 3.8) is 0 Å². The van der Waals surface area contributed by atoms with Gasteiger partial charge in [0, 0.05) is 19.1 Å². The molecular weight excluding hydrogens is 450 g/mol. The molecule has 0 spiro atoms. The third-order valence-electron chi connectivity index (χ3n) is 7.54. The monoisotopic (exact) mass is 483 g/mol. The third-order valence-corrected chi connectivity index (χ3v) is 8.96. The van der Waals surface area contributed by atoms with Crippen molar-refractivity contribution in [2.75, 3.05) is 13.7 Å². The largest absolute Gasteiger partial charge is 0.496 e. The first-order valence-corrected chi connectivity index (χ1v) is 13.7. The molecular formula is C26H33N3O4S. The molecule has 2 atom stereocenters. The van der Waals surface area contributed by atoms with Crippen LogP contribution < -0.4 is 14.8 Å². The van der Waals surface area contributed by atoms with E-state index in [0.29, 0.717) is 24.3 Å². The summed E-state index contributed by atoms with van der Waals surface area (Å²) in [5.41, 5.74) is 1.04. The molecule has 2 aromatic rings. The Morgan fingerprint density at radius 2 is 1.88 bits per heavy atom. The molecule has 0 aromatic heterocycles. The first-order chi connectivity index (χ1) is 16.4. The molecule has 2 saturated heterocycles. The smallest absolute Gasteiger partial charge is 0.256 e. The van der Waals surface area contributed by atoms with Crippen LogP contribution >= 0.6 is 0 Å². The Labute approximate surface area is 201 Å². The second-order valence-electron chi connectivity index (χ2n) is 9.84. The summed E-state index contributed by atoms with van der Waals surface area (Å²) < 4.78 is 33.8. The van der Waals surface area contributed by atoms with Crippen LogP contribution in [0.4, 0.5) is 0 Å². The number of carbonyl (C=O) groups excluding carboxylic acids is 1. The predicted molar refractivity (Wildman–Crippen MR) is 130 cm³/mol. The highest BCUT2D eigenvalue weighted by atomic mass is 32.2. The fourth-order valence-electron chi connectivity index (χ4n) is 5.45. The van der Waals surface area contributed by atoms with Crippen molar-refractivity contribution in [2.24, 2.45) is 5.92 Å². The number of ether oxygens (including phenoxy) is 1. The maximum Gasteiger partial charge on any atom is 0.256 e. The van der Waals surface area contributed by atoms with E-state index in [1.54, 1.807) is 6.07 Å². The Balaban J connectivity index is 1.40. The minimum absolute atomic E-state index is 0.0886. The lowest BCUT2D eigenvalue weighted by molar-refractivity contribution is 0.0184. The number of sulfonamides is 1. The summed E-state index contributed by atoms with van der Waals surface area (Å²) in [6, 6.07) is 15.3. The normalized spacial score (nSPS) is 24.7. The molecule has 7 nitrogen and oxygen atoms in total. The van der Waals surface area contributed by atoms with Gasteiger partial charge in [-0.25, -0.2) is 13.1 Å². The number of rotatable bonds is 9. The first-order valence-electron chi connectivity index (χ1n) is 12.2. The van der Waals surface area contributed by atoms with Gasteiger partial charge in [0.25, 0.3) is 5.91 Å². The molecule has 8 heteroatoms. The van der Waals surface area contributed by atoms with Crippen LogP contribution in [0.2, 0.25) is 0 Å².